The molecule has 1 saturated heterocycles. The van der Waals surface area contributed by atoms with Gasteiger partial charge in [0.15, 0.2) is 0 Å². The predicted molar refractivity (Wildman–Crippen MR) is 87.1 cm³/mol. The number of pyridine rings is 2. The van der Waals surface area contributed by atoms with Gasteiger partial charge < -0.3 is 15.1 Å². The molecule has 25 heavy (non-hydrogen) atoms. The van der Waals surface area contributed by atoms with Gasteiger partial charge in [-0.1, -0.05) is 12.1 Å². The average molecular weight is 343 g/mol. The van der Waals surface area contributed by atoms with Gasteiger partial charge in [-0.3, -0.25) is 9.78 Å². The number of amides is 1. The number of likely N-dealkylation sites (tertiary alicyclic amines) is 1. The second-order valence-corrected chi connectivity index (χ2v) is 5.36. The van der Waals surface area contributed by atoms with E-state index >= 15 is 0 Å². The Morgan fingerprint density at radius 3 is 2.20 bits per heavy atom. The number of carboxylic acids is 2. The fraction of sp³-hybridized carbons (Fsp3) is 0.235. The monoisotopic (exact) mass is 343 g/mol. The van der Waals surface area contributed by atoms with Crippen molar-refractivity contribution in [3.05, 3.63) is 59.7 Å². The van der Waals surface area contributed by atoms with Crippen LogP contribution in [-0.4, -0.2) is 50.0 Å². The largest absolute Gasteiger partial charge is 0.477 e. The highest BCUT2D eigenvalue weighted by Gasteiger charge is 2.28. The molecule has 1 unspecified atom stereocenters. The minimum atomic E-state index is -1.24. The number of hydrogen-bond acceptors (Lipinski definition) is 5. The summed E-state index contributed by atoms with van der Waals surface area (Å²) < 4.78 is 0. The zero-order chi connectivity index (χ0) is 18.4. The summed E-state index contributed by atoms with van der Waals surface area (Å²) in [5, 5.41) is 16.9. The number of nitrogens with zero attached hydrogens (tertiary/aromatic N) is 3. The summed E-state index contributed by atoms with van der Waals surface area (Å²) in [5.74, 6) is -2.25. The fourth-order valence-electron chi connectivity index (χ4n) is 2.44. The standard InChI is InChI=1S/C10H12N2O.C7H5NO4/c1-12-9(4-5-10(12)13)8-3-2-6-11-7-8;9-6(10)4-2-1-3-5(8-4)7(11)12/h2-3,6-7,9H,4-5H2,1H3;1-3H,(H,9,10)(H,11,12). The van der Waals surface area contributed by atoms with Gasteiger partial charge in [0.25, 0.3) is 0 Å². The van der Waals surface area contributed by atoms with E-state index in [-0.39, 0.29) is 23.3 Å². The van der Waals surface area contributed by atoms with Crippen molar-refractivity contribution < 1.29 is 24.6 Å². The Morgan fingerprint density at radius 1 is 1.12 bits per heavy atom. The molecule has 0 saturated carbocycles. The van der Waals surface area contributed by atoms with Crippen LogP contribution in [0.4, 0.5) is 0 Å². The van der Waals surface area contributed by atoms with Crippen molar-refractivity contribution in [1.29, 1.82) is 0 Å². The first-order chi connectivity index (χ1) is 11.9. The molecule has 0 radical (unpaired) electrons. The Balaban J connectivity index is 0.000000181. The third-order valence-corrected chi connectivity index (χ3v) is 3.75. The van der Waals surface area contributed by atoms with E-state index in [9.17, 15) is 14.4 Å². The Kier molecular flexibility index (Phi) is 5.78. The van der Waals surface area contributed by atoms with E-state index in [1.54, 1.807) is 11.1 Å². The molecule has 0 spiro atoms. The summed E-state index contributed by atoms with van der Waals surface area (Å²) in [6.45, 7) is 0. The number of carboxylic acid groups (broad SMARTS) is 2. The summed E-state index contributed by atoms with van der Waals surface area (Å²) in [5.41, 5.74) is 0.598. The van der Waals surface area contributed by atoms with Crippen LogP contribution in [0.1, 0.15) is 45.4 Å². The van der Waals surface area contributed by atoms with Gasteiger partial charge in [0.05, 0.1) is 6.04 Å². The number of carbonyl (C=O) groups excluding carboxylic acids is 1. The highest BCUT2D eigenvalue weighted by Crippen LogP contribution is 2.30. The molecule has 3 rings (SSSR count). The summed E-state index contributed by atoms with van der Waals surface area (Å²) in [7, 11) is 1.85. The summed E-state index contributed by atoms with van der Waals surface area (Å²) in [6, 6.07) is 7.96. The van der Waals surface area contributed by atoms with E-state index in [1.165, 1.54) is 18.2 Å². The predicted octanol–water partition coefficient (Wildman–Crippen LogP) is 1.85. The van der Waals surface area contributed by atoms with Gasteiger partial charge in [0, 0.05) is 25.9 Å². The molecule has 0 bridgehead atoms. The molecule has 3 heterocycles. The van der Waals surface area contributed by atoms with Crippen molar-refractivity contribution in [1.82, 2.24) is 14.9 Å². The van der Waals surface area contributed by atoms with Gasteiger partial charge in [-0.15, -0.1) is 0 Å². The van der Waals surface area contributed by atoms with Crippen LogP contribution in [0, 0.1) is 0 Å². The number of carbonyl (C=O) groups is 3. The molecular formula is C17H17N3O5. The van der Waals surface area contributed by atoms with Crippen molar-refractivity contribution in [3.63, 3.8) is 0 Å². The van der Waals surface area contributed by atoms with Crippen LogP contribution >= 0.6 is 0 Å². The van der Waals surface area contributed by atoms with Crippen LogP contribution in [0.5, 0.6) is 0 Å². The van der Waals surface area contributed by atoms with E-state index in [4.69, 9.17) is 10.2 Å². The summed E-state index contributed by atoms with van der Waals surface area (Å²) in [4.78, 5) is 41.1. The zero-order valence-electron chi connectivity index (χ0n) is 13.5. The summed E-state index contributed by atoms with van der Waals surface area (Å²) >= 11 is 0. The highest BCUT2D eigenvalue weighted by molar-refractivity contribution is 5.89. The quantitative estimate of drug-likeness (QED) is 0.872. The lowest BCUT2D eigenvalue weighted by Gasteiger charge is -2.19. The van der Waals surface area contributed by atoms with E-state index in [0.29, 0.717) is 6.42 Å². The maximum absolute atomic E-state index is 11.3. The zero-order valence-corrected chi connectivity index (χ0v) is 13.5. The van der Waals surface area contributed by atoms with Gasteiger partial charge in [0.2, 0.25) is 5.91 Å². The van der Waals surface area contributed by atoms with E-state index in [0.717, 1.165) is 12.0 Å². The maximum atomic E-state index is 11.3. The molecule has 0 aromatic carbocycles. The topological polar surface area (TPSA) is 121 Å². The number of rotatable bonds is 3. The van der Waals surface area contributed by atoms with Crippen LogP contribution in [0.2, 0.25) is 0 Å². The molecule has 1 aliphatic rings. The molecule has 1 atom stereocenters. The fourth-order valence-corrected chi connectivity index (χ4v) is 2.44. The molecule has 1 amide bonds. The molecule has 2 aromatic heterocycles. The van der Waals surface area contributed by atoms with Gasteiger partial charge >= 0.3 is 11.9 Å². The van der Waals surface area contributed by atoms with E-state index in [1.807, 2.05) is 25.4 Å². The number of aromatic carboxylic acids is 2. The average Bonchev–Trinajstić information content (AvgIpc) is 2.95. The third-order valence-electron chi connectivity index (χ3n) is 3.75. The van der Waals surface area contributed by atoms with Crippen molar-refractivity contribution >= 4 is 17.8 Å². The second-order valence-electron chi connectivity index (χ2n) is 5.36. The van der Waals surface area contributed by atoms with Gasteiger partial charge in [-0.25, -0.2) is 14.6 Å². The first-order valence-corrected chi connectivity index (χ1v) is 7.49. The smallest absolute Gasteiger partial charge is 0.354 e. The van der Waals surface area contributed by atoms with Crippen LogP contribution in [0.15, 0.2) is 42.7 Å². The second kappa shape index (κ2) is 8.00. The van der Waals surface area contributed by atoms with Crippen LogP contribution in [0.25, 0.3) is 0 Å². The number of hydrogen-bond donors (Lipinski definition) is 2. The SMILES string of the molecule is CN1C(=O)CCC1c1cccnc1.O=C(O)c1cccc(C(=O)O)n1. The molecule has 2 N–H and O–H groups in total. The molecule has 130 valence electrons. The normalized spacial score (nSPS) is 16.1. The van der Waals surface area contributed by atoms with Crippen LogP contribution in [0.3, 0.4) is 0 Å². The highest BCUT2D eigenvalue weighted by atomic mass is 16.4. The molecule has 0 aliphatic carbocycles. The Hall–Kier alpha value is -3.29. The van der Waals surface area contributed by atoms with Crippen molar-refractivity contribution in [2.75, 3.05) is 7.05 Å². The molecule has 2 aromatic rings. The molecule has 8 nitrogen and oxygen atoms in total. The lowest BCUT2D eigenvalue weighted by Crippen LogP contribution is -2.22. The summed E-state index contributed by atoms with van der Waals surface area (Å²) in [6.07, 6.45) is 5.16. The van der Waals surface area contributed by atoms with Gasteiger partial charge in [-0.2, -0.15) is 0 Å². The molecule has 8 heteroatoms. The number of aromatic nitrogens is 2. The Morgan fingerprint density at radius 2 is 1.76 bits per heavy atom. The maximum Gasteiger partial charge on any atom is 0.354 e. The molecule has 1 fully saturated rings. The van der Waals surface area contributed by atoms with Crippen molar-refractivity contribution in [2.24, 2.45) is 0 Å². The van der Waals surface area contributed by atoms with Crippen molar-refractivity contribution in [3.8, 4) is 0 Å². The van der Waals surface area contributed by atoms with Crippen LogP contribution < -0.4 is 0 Å². The minimum absolute atomic E-state index is 0.230. The lowest BCUT2D eigenvalue weighted by atomic mass is 10.1. The van der Waals surface area contributed by atoms with Gasteiger partial charge in [-0.05, 0) is 30.2 Å². The molecular weight excluding hydrogens is 326 g/mol. The lowest BCUT2D eigenvalue weighted by molar-refractivity contribution is -0.127. The Labute approximate surface area is 143 Å². The minimum Gasteiger partial charge on any atom is -0.477 e. The first-order valence-electron chi connectivity index (χ1n) is 7.49. The third kappa shape index (κ3) is 4.60. The Bertz CT molecular complexity index is 750. The van der Waals surface area contributed by atoms with E-state index in [2.05, 4.69) is 9.97 Å². The van der Waals surface area contributed by atoms with Crippen molar-refractivity contribution in [2.45, 2.75) is 18.9 Å². The van der Waals surface area contributed by atoms with Crippen LogP contribution in [-0.2, 0) is 4.79 Å². The molecule has 1 aliphatic heterocycles. The van der Waals surface area contributed by atoms with E-state index < -0.39 is 11.9 Å². The first kappa shape index (κ1) is 18.1. The van der Waals surface area contributed by atoms with Gasteiger partial charge in [0.1, 0.15) is 11.4 Å².